The topological polar surface area (TPSA) is 63.4 Å². The van der Waals surface area contributed by atoms with Crippen molar-refractivity contribution in [3.05, 3.63) is 27.7 Å². The van der Waals surface area contributed by atoms with Crippen molar-refractivity contribution >= 4 is 50.0 Å². The first-order valence-electron chi connectivity index (χ1n) is 5.62. The zero-order chi connectivity index (χ0) is 13.3. The van der Waals surface area contributed by atoms with Gasteiger partial charge in [-0.15, -0.1) is 12.4 Å². The van der Waals surface area contributed by atoms with Gasteiger partial charge in [-0.05, 0) is 40.9 Å². The third kappa shape index (κ3) is 3.62. The highest BCUT2D eigenvalue weighted by molar-refractivity contribution is 9.10. The van der Waals surface area contributed by atoms with E-state index in [4.69, 9.17) is 17.3 Å². The predicted octanol–water partition coefficient (Wildman–Crippen LogP) is 2.64. The first kappa shape index (κ1) is 17.2. The van der Waals surface area contributed by atoms with Crippen molar-refractivity contribution in [1.82, 2.24) is 4.31 Å². The summed E-state index contributed by atoms with van der Waals surface area (Å²) in [4.78, 5) is 0.141. The minimum Gasteiger partial charge on any atom is -0.328 e. The summed E-state index contributed by atoms with van der Waals surface area (Å²) in [7, 11) is -3.55. The summed E-state index contributed by atoms with van der Waals surface area (Å²) in [6, 6.07) is 5.05. The number of halogens is 3. The molecule has 1 aromatic carbocycles. The van der Waals surface area contributed by atoms with Crippen LogP contribution in [0.15, 0.2) is 27.6 Å². The molecule has 2 N–H and O–H groups in total. The van der Waals surface area contributed by atoms with Crippen LogP contribution in [0, 0.1) is 0 Å². The van der Waals surface area contributed by atoms with Gasteiger partial charge in [0.2, 0.25) is 10.0 Å². The molecular weight excluding hydrogens is 375 g/mol. The van der Waals surface area contributed by atoms with E-state index >= 15 is 0 Å². The molecule has 4 nitrogen and oxygen atoms in total. The molecule has 8 heteroatoms. The molecule has 0 unspecified atom stereocenters. The number of nitrogens with two attached hydrogens (primary N) is 1. The smallest absolute Gasteiger partial charge is 0.245 e. The average molecular weight is 390 g/mol. The van der Waals surface area contributed by atoms with Gasteiger partial charge in [0.25, 0.3) is 0 Å². The van der Waals surface area contributed by atoms with Crippen molar-refractivity contribution < 1.29 is 8.42 Å². The number of sulfonamides is 1. The second-order valence-electron chi connectivity index (χ2n) is 4.29. The summed E-state index contributed by atoms with van der Waals surface area (Å²) in [5.41, 5.74) is 5.78. The van der Waals surface area contributed by atoms with Crippen LogP contribution in [0.4, 0.5) is 0 Å². The second-order valence-corrected chi connectivity index (χ2v) is 7.43. The molecule has 2 rings (SSSR count). The van der Waals surface area contributed by atoms with E-state index in [1.807, 2.05) is 0 Å². The normalized spacial score (nSPS) is 18.1. The third-order valence-electron chi connectivity index (χ3n) is 3.02. The van der Waals surface area contributed by atoms with Gasteiger partial charge in [-0.2, -0.15) is 4.31 Å². The van der Waals surface area contributed by atoms with Crippen LogP contribution in [-0.2, 0) is 10.0 Å². The van der Waals surface area contributed by atoms with Gasteiger partial charge >= 0.3 is 0 Å². The fourth-order valence-electron chi connectivity index (χ4n) is 1.97. The maximum Gasteiger partial charge on any atom is 0.245 e. The van der Waals surface area contributed by atoms with Crippen LogP contribution in [-0.4, -0.2) is 31.9 Å². The van der Waals surface area contributed by atoms with E-state index in [2.05, 4.69) is 15.9 Å². The Hall–Kier alpha value is 0.150. The number of rotatable bonds is 2. The first-order valence-corrected chi connectivity index (χ1v) is 8.24. The number of nitrogens with zero attached hydrogens (tertiary/aromatic N) is 1. The van der Waals surface area contributed by atoms with Gasteiger partial charge in [0.05, 0.1) is 5.02 Å². The number of hydrogen-bond donors (Lipinski definition) is 1. The lowest BCUT2D eigenvalue weighted by Gasteiger charge is -2.29. The monoisotopic (exact) mass is 388 g/mol. The predicted molar refractivity (Wildman–Crippen MR) is 82.4 cm³/mol. The van der Waals surface area contributed by atoms with E-state index in [0.717, 1.165) is 0 Å². The van der Waals surface area contributed by atoms with Crippen molar-refractivity contribution in [1.29, 1.82) is 0 Å². The molecule has 1 saturated heterocycles. The van der Waals surface area contributed by atoms with E-state index in [-0.39, 0.29) is 28.4 Å². The van der Waals surface area contributed by atoms with Crippen LogP contribution >= 0.6 is 39.9 Å². The van der Waals surface area contributed by atoms with Crippen molar-refractivity contribution in [2.45, 2.75) is 23.8 Å². The van der Waals surface area contributed by atoms with Gasteiger partial charge in [-0.1, -0.05) is 17.7 Å². The Morgan fingerprint density at radius 2 is 1.89 bits per heavy atom. The summed E-state index contributed by atoms with van der Waals surface area (Å²) < 4.78 is 26.9. The zero-order valence-corrected chi connectivity index (χ0v) is 14.0. The SMILES string of the molecule is Cl.NC1CCN(S(=O)(=O)c2c(Cl)cccc2Br)CC1. The maximum atomic E-state index is 12.5. The van der Waals surface area contributed by atoms with Crippen LogP contribution in [0.5, 0.6) is 0 Å². The van der Waals surface area contributed by atoms with Crippen LogP contribution in [0.3, 0.4) is 0 Å². The summed E-state index contributed by atoms with van der Waals surface area (Å²) in [5.74, 6) is 0. The number of benzene rings is 1. The molecule has 0 radical (unpaired) electrons. The van der Waals surface area contributed by atoms with E-state index in [1.54, 1.807) is 18.2 Å². The molecule has 0 atom stereocenters. The van der Waals surface area contributed by atoms with Crippen molar-refractivity contribution in [2.24, 2.45) is 5.73 Å². The summed E-state index contributed by atoms with van der Waals surface area (Å²) in [6.07, 6.45) is 1.36. The Kier molecular flexibility index (Phi) is 6.10. The Balaban J connectivity index is 0.00000180. The van der Waals surface area contributed by atoms with Gasteiger partial charge in [0, 0.05) is 23.6 Å². The molecular formula is C11H15BrCl2N2O2S. The molecule has 1 aliphatic rings. The van der Waals surface area contributed by atoms with Gasteiger partial charge < -0.3 is 5.73 Å². The molecule has 1 aromatic rings. The standard InChI is InChI=1S/C11H14BrClN2O2S.ClH/c12-9-2-1-3-10(13)11(9)18(16,17)15-6-4-8(14)5-7-15;/h1-3,8H,4-7,14H2;1H. The Morgan fingerprint density at radius 3 is 2.42 bits per heavy atom. The average Bonchev–Trinajstić information content (AvgIpc) is 2.29. The molecule has 1 heterocycles. The largest absolute Gasteiger partial charge is 0.328 e. The fourth-order valence-corrected chi connectivity index (χ4v) is 5.11. The molecule has 0 bridgehead atoms. The first-order chi connectivity index (χ1) is 8.43. The number of piperidine rings is 1. The Bertz CT molecular complexity index is 525. The molecule has 0 amide bonds. The van der Waals surface area contributed by atoms with Crippen LogP contribution < -0.4 is 5.73 Å². The van der Waals surface area contributed by atoms with Crippen molar-refractivity contribution in [3.8, 4) is 0 Å². The Morgan fingerprint density at radius 1 is 1.32 bits per heavy atom. The van der Waals surface area contributed by atoms with E-state index < -0.39 is 10.0 Å². The molecule has 0 aromatic heterocycles. The molecule has 108 valence electrons. The van der Waals surface area contributed by atoms with Gasteiger partial charge in [-0.3, -0.25) is 0 Å². The summed E-state index contributed by atoms with van der Waals surface area (Å²) >= 11 is 9.25. The number of hydrogen-bond acceptors (Lipinski definition) is 3. The quantitative estimate of drug-likeness (QED) is 0.845. The molecule has 0 aliphatic carbocycles. The minimum atomic E-state index is -3.55. The fraction of sp³-hybridized carbons (Fsp3) is 0.455. The molecule has 0 saturated carbocycles. The highest BCUT2D eigenvalue weighted by Gasteiger charge is 2.31. The molecule has 1 fully saturated rings. The van der Waals surface area contributed by atoms with Crippen LogP contribution in [0.25, 0.3) is 0 Å². The highest BCUT2D eigenvalue weighted by atomic mass is 79.9. The van der Waals surface area contributed by atoms with Crippen molar-refractivity contribution in [2.75, 3.05) is 13.1 Å². The Labute approximate surface area is 132 Å². The van der Waals surface area contributed by atoms with Gasteiger partial charge in [-0.25, -0.2) is 8.42 Å². The zero-order valence-electron chi connectivity index (χ0n) is 10.1. The highest BCUT2D eigenvalue weighted by Crippen LogP contribution is 2.32. The summed E-state index contributed by atoms with van der Waals surface area (Å²) in [5, 5.41) is 0.235. The third-order valence-corrected chi connectivity index (χ3v) is 6.37. The van der Waals surface area contributed by atoms with Crippen LogP contribution in [0.2, 0.25) is 5.02 Å². The van der Waals surface area contributed by atoms with E-state index in [0.29, 0.717) is 30.4 Å². The molecule has 0 spiro atoms. The van der Waals surface area contributed by atoms with E-state index in [1.165, 1.54) is 4.31 Å². The van der Waals surface area contributed by atoms with Gasteiger partial charge in [0.1, 0.15) is 4.90 Å². The molecule has 19 heavy (non-hydrogen) atoms. The van der Waals surface area contributed by atoms with Gasteiger partial charge in [0.15, 0.2) is 0 Å². The maximum absolute atomic E-state index is 12.5. The van der Waals surface area contributed by atoms with E-state index in [9.17, 15) is 8.42 Å². The minimum absolute atomic E-state index is 0. The summed E-state index contributed by atoms with van der Waals surface area (Å²) in [6.45, 7) is 0.891. The lowest BCUT2D eigenvalue weighted by molar-refractivity contribution is 0.320. The molecule has 1 aliphatic heterocycles. The lowest BCUT2D eigenvalue weighted by Crippen LogP contribution is -2.42. The van der Waals surface area contributed by atoms with Crippen molar-refractivity contribution in [3.63, 3.8) is 0 Å². The van der Waals surface area contributed by atoms with Crippen LogP contribution in [0.1, 0.15) is 12.8 Å². The lowest BCUT2D eigenvalue weighted by atomic mass is 10.1. The second kappa shape index (κ2) is 6.74.